The molecule has 88 valence electrons. The number of rotatable bonds is 3. The molecule has 1 atom stereocenters. The molecular weight excluding hydrogens is 208 g/mol. The highest BCUT2D eigenvalue weighted by Crippen LogP contribution is 2.31. The van der Waals surface area contributed by atoms with Crippen LogP contribution in [-0.2, 0) is 12.8 Å². The summed E-state index contributed by atoms with van der Waals surface area (Å²) in [5.74, 6) is 0.812. The number of fused-ring (bicyclic) bond motifs is 1. The van der Waals surface area contributed by atoms with Gasteiger partial charge in [-0.1, -0.05) is 6.92 Å². The van der Waals surface area contributed by atoms with Crippen LogP contribution < -0.4 is 5.73 Å². The first-order valence-corrected chi connectivity index (χ1v) is 5.63. The summed E-state index contributed by atoms with van der Waals surface area (Å²) in [5, 5.41) is 10.9. The molecule has 1 aliphatic rings. The zero-order chi connectivity index (χ0) is 11.7. The molecule has 0 spiro atoms. The van der Waals surface area contributed by atoms with Gasteiger partial charge in [0, 0.05) is 19.0 Å². The largest absolute Gasteiger partial charge is 0.385 e. The van der Waals surface area contributed by atoms with Gasteiger partial charge in [0.05, 0.1) is 0 Å². The molecule has 2 heterocycles. The average Bonchev–Trinajstić information content (AvgIpc) is 2.67. The summed E-state index contributed by atoms with van der Waals surface area (Å²) in [4.78, 5) is 14.6. The van der Waals surface area contributed by atoms with E-state index in [4.69, 9.17) is 5.73 Å². The summed E-state index contributed by atoms with van der Waals surface area (Å²) in [6, 6.07) is 0.180. The highest BCUT2D eigenvalue weighted by Gasteiger charge is 2.32. The van der Waals surface area contributed by atoms with Crippen LogP contribution >= 0.6 is 0 Å². The van der Waals surface area contributed by atoms with Crippen LogP contribution in [-0.4, -0.2) is 21.0 Å². The van der Waals surface area contributed by atoms with Crippen molar-refractivity contribution >= 4 is 5.82 Å². The van der Waals surface area contributed by atoms with Gasteiger partial charge >= 0.3 is 5.82 Å². The van der Waals surface area contributed by atoms with Crippen molar-refractivity contribution < 1.29 is 4.92 Å². The summed E-state index contributed by atoms with van der Waals surface area (Å²) in [6.45, 7) is 2.48. The molecule has 1 aromatic rings. The maximum Gasteiger partial charge on any atom is 0.385 e. The first-order valence-electron chi connectivity index (χ1n) is 5.63. The second-order valence-electron chi connectivity index (χ2n) is 4.06. The van der Waals surface area contributed by atoms with Crippen molar-refractivity contribution in [1.29, 1.82) is 0 Å². The van der Waals surface area contributed by atoms with Crippen LogP contribution in [0, 0.1) is 10.1 Å². The van der Waals surface area contributed by atoms with Crippen molar-refractivity contribution in [2.75, 3.05) is 6.54 Å². The number of nitrogens with zero attached hydrogens (tertiary/aromatic N) is 3. The molecule has 0 bridgehead atoms. The lowest BCUT2D eigenvalue weighted by Gasteiger charge is -2.24. The fraction of sp³-hybridized carbons (Fsp3) is 0.700. The zero-order valence-corrected chi connectivity index (χ0v) is 9.35. The Kier molecular flexibility index (Phi) is 2.91. The van der Waals surface area contributed by atoms with Gasteiger partial charge in [-0.25, -0.2) is 0 Å². The van der Waals surface area contributed by atoms with E-state index in [-0.39, 0.29) is 16.8 Å². The van der Waals surface area contributed by atoms with E-state index in [1.165, 1.54) is 0 Å². The molecule has 0 saturated carbocycles. The van der Waals surface area contributed by atoms with E-state index in [0.29, 0.717) is 13.0 Å². The summed E-state index contributed by atoms with van der Waals surface area (Å²) in [6.07, 6.45) is 3.39. The lowest BCUT2D eigenvalue weighted by atomic mass is 10.0. The SMILES string of the molecule is CCc1nc([N+](=O)[O-])c2n1C(CN)CCC2. The molecule has 0 saturated heterocycles. The molecule has 6 nitrogen and oxygen atoms in total. The summed E-state index contributed by atoms with van der Waals surface area (Å²) < 4.78 is 1.99. The Morgan fingerprint density at radius 1 is 1.69 bits per heavy atom. The number of hydrogen-bond donors (Lipinski definition) is 1. The van der Waals surface area contributed by atoms with Gasteiger partial charge in [-0.15, -0.1) is 0 Å². The van der Waals surface area contributed by atoms with Crippen LogP contribution in [0.3, 0.4) is 0 Å². The third-order valence-corrected chi connectivity index (χ3v) is 3.14. The molecule has 1 aliphatic heterocycles. The Hall–Kier alpha value is -1.43. The Balaban J connectivity index is 2.54. The standard InChI is InChI=1S/C10H16N4O2/c1-2-9-12-10(14(15)16)8-5-3-4-7(6-11)13(8)9/h7H,2-6,11H2,1H3. The predicted molar refractivity (Wildman–Crippen MR) is 59.3 cm³/mol. The topological polar surface area (TPSA) is 87.0 Å². The minimum Gasteiger partial charge on any atom is -0.358 e. The molecule has 1 aromatic heterocycles. The predicted octanol–water partition coefficient (Wildman–Crippen LogP) is 1.19. The van der Waals surface area contributed by atoms with Gasteiger partial charge in [0.2, 0.25) is 5.82 Å². The average molecular weight is 224 g/mol. The van der Waals surface area contributed by atoms with Gasteiger partial charge in [-0.3, -0.25) is 0 Å². The molecular formula is C10H16N4O2. The van der Waals surface area contributed by atoms with Gasteiger partial charge in [0.15, 0.2) is 0 Å². The number of nitro groups is 1. The highest BCUT2D eigenvalue weighted by atomic mass is 16.6. The molecule has 2 N–H and O–H groups in total. The summed E-state index contributed by atoms with van der Waals surface area (Å²) >= 11 is 0. The molecule has 2 rings (SSSR count). The Bertz CT molecular complexity index is 413. The van der Waals surface area contributed by atoms with Gasteiger partial charge in [-0.2, -0.15) is 0 Å². The highest BCUT2D eigenvalue weighted by molar-refractivity contribution is 5.32. The maximum atomic E-state index is 10.9. The molecule has 0 aromatic carbocycles. The fourth-order valence-corrected chi connectivity index (χ4v) is 2.42. The van der Waals surface area contributed by atoms with Gasteiger partial charge in [0.25, 0.3) is 0 Å². The number of imidazole rings is 1. The fourth-order valence-electron chi connectivity index (χ4n) is 2.42. The second-order valence-corrected chi connectivity index (χ2v) is 4.06. The van der Waals surface area contributed by atoms with Gasteiger partial charge in [0.1, 0.15) is 5.69 Å². The molecule has 0 amide bonds. The van der Waals surface area contributed by atoms with Crippen LogP contribution in [0.5, 0.6) is 0 Å². The van der Waals surface area contributed by atoms with E-state index in [2.05, 4.69) is 4.98 Å². The lowest BCUT2D eigenvalue weighted by molar-refractivity contribution is -0.390. The zero-order valence-electron chi connectivity index (χ0n) is 9.35. The van der Waals surface area contributed by atoms with Gasteiger partial charge < -0.3 is 20.4 Å². The van der Waals surface area contributed by atoms with E-state index in [9.17, 15) is 10.1 Å². The minimum atomic E-state index is -0.385. The van der Waals surface area contributed by atoms with Crippen molar-refractivity contribution in [2.45, 2.75) is 38.6 Å². The van der Waals surface area contributed by atoms with E-state index in [0.717, 1.165) is 30.8 Å². The number of nitrogens with two attached hydrogens (primary N) is 1. The third-order valence-electron chi connectivity index (χ3n) is 3.14. The first-order chi connectivity index (χ1) is 7.69. The molecule has 0 aliphatic carbocycles. The van der Waals surface area contributed by atoms with E-state index < -0.39 is 0 Å². The maximum absolute atomic E-state index is 10.9. The van der Waals surface area contributed by atoms with E-state index >= 15 is 0 Å². The number of hydrogen-bond acceptors (Lipinski definition) is 4. The van der Waals surface area contributed by atoms with E-state index in [1.54, 1.807) is 0 Å². The second kappa shape index (κ2) is 4.21. The van der Waals surface area contributed by atoms with Crippen molar-refractivity contribution in [3.8, 4) is 0 Å². The molecule has 0 radical (unpaired) electrons. The van der Waals surface area contributed by atoms with Crippen LogP contribution in [0.2, 0.25) is 0 Å². The van der Waals surface area contributed by atoms with Crippen molar-refractivity contribution in [3.05, 3.63) is 21.6 Å². The van der Waals surface area contributed by atoms with Gasteiger partial charge in [-0.05, 0) is 29.2 Å². The number of aromatic nitrogens is 2. The Morgan fingerprint density at radius 3 is 3.00 bits per heavy atom. The molecule has 6 heteroatoms. The van der Waals surface area contributed by atoms with Crippen LogP contribution in [0.25, 0.3) is 0 Å². The summed E-state index contributed by atoms with van der Waals surface area (Å²) in [5.41, 5.74) is 6.46. The Labute approximate surface area is 93.6 Å². The van der Waals surface area contributed by atoms with Crippen LogP contribution in [0.1, 0.15) is 37.3 Å². The van der Waals surface area contributed by atoms with Crippen LogP contribution in [0.4, 0.5) is 5.82 Å². The normalized spacial score (nSPS) is 19.5. The first kappa shape index (κ1) is 11.1. The Morgan fingerprint density at radius 2 is 2.44 bits per heavy atom. The summed E-state index contributed by atoms with van der Waals surface area (Å²) in [7, 11) is 0. The molecule has 1 unspecified atom stereocenters. The lowest BCUT2D eigenvalue weighted by Crippen LogP contribution is -2.26. The minimum absolute atomic E-state index is 0.0231. The van der Waals surface area contributed by atoms with Crippen LogP contribution in [0.15, 0.2) is 0 Å². The molecule has 16 heavy (non-hydrogen) atoms. The molecule has 0 fully saturated rings. The van der Waals surface area contributed by atoms with Crippen molar-refractivity contribution in [2.24, 2.45) is 5.73 Å². The quantitative estimate of drug-likeness (QED) is 0.617. The monoisotopic (exact) mass is 224 g/mol. The smallest absolute Gasteiger partial charge is 0.358 e. The third kappa shape index (κ3) is 1.59. The van der Waals surface area contributed by atoms with Crippen molar-refractivity contribution in [1.82, 2.24) is 9.55 Å². The van der Waals surface area contributed by atoms with Crippen molar-refractivity contribution in [3.63, 3.8) is 0 Å². The number of aryl methyl sites for hydroxylation is 1. The van der Waals surface area contributed by atoms with E-state index in [1.807, 2.05) is 11.5 Å².